The van der Waals surface area contributed by atoms with E-state index >= 15 is 0 Å². The van der Waals surface area contributed by atoms with Gasteiger partial charge in [-0.1, -0.05) is 18.2 Å². The molecule has 2 amide bonds. The van der Waals surface area contributed by atoms with Gasteiger partial charge in [0, 0.05) is 30.0 Å². The van der Waals surface area contributed by atoms with Gasteiger partial charge in [0.25, 0.3) is 5.91 Å². The van der Waals surface area contributed by atoms with Gasteiger partial charge in [0.05, 0.1) is 36.0 Å². The van der Waals surface area contributed by atoms with E-state index in [9.17, 15) is 22.8 Å². The van der Waals surface area contributed by atoms with Crippen LogP contribution in [0.2, 0.25) is 0 Å². The summed E-state index contributed by atoms with van der Waals surface area (Å²) < 4.78 is 39.8. The van der Waals surface area contributed by atoms with E-state index in [1.165, 1.54) is 28.6 Å². The smallest absolute Gasteiger partial charge is 0.338 e. The van der Waals surface area contributed by atoms with Crippen molar-refractivity contribution in [2.75, 3.05) is 37.4 Å². The summed E-state index contributed by atoms with van der Waals surface area (Å²) in [5.74, 6) is -0.0373. The molecule has 3 aromatic carbocycles. The Hall–Kier alpha value is -4.73. The standard InChI is InChI=1S/C34H38N6O7S2/c1-3-46-28-16-14-27(15-17-28)40-30(22-35-32(42)24-10-18-29(19-11-24)49(44,45)39-20-6-5-7-21-39)37-38-34(40)48-23-31(41)36-26-12-8-25(9-13-26)33(43)47-4-2/h8-19H,3-7,20-23H2,1-2H3,(H,35,42)(H,36,41). The number of anilines is 1. The molecule has 1 fully saturated rings. The summed E-state index contributed by atoms with van der Waals surface area (Å²) in [5.41, 5.74) is 1.90. The van der Waals surface area contributed by atoms with Gasteiger partial charge in [0.1, 0.15) is 5.75 Å². The fourth-order valence-corrected chi connectivity index (χ4v) is 7.44. The quantitative estimate of drug-likeness (QED) is 0.139. The molecule has 15 heteroatoms. The summed E-state index contributed by atoms with van der Waals surface area (Å²) in [7, 11) is -3.61. The zero-order valence-corrected chi connectivity index (χ0v) is 28.9. The molecule has 1 saturated heterocycles. The normalized spacial score (nSPS) is 13.4. The number of nitrogens with one attached hydrogen (secondary N) is 2. The highest BCUT2D eigenvalue weighted by molar-refractivity contribution is 7.99. The van der Waals surface area contributed by atoms with E-state index in [0.29, 0.717) is 58.9 Å². The fourth-order valence-electron chi connectivity index (χ4n) is 5.15. The number of amides is 2. The average molecular weight is 707 g/mol. The van der Waals surface area contributed by atoms with Crippen LogP contribution in [-0.4, -0.2) is 77.3 Å². The van der Waals surface area contributed by atoms with E-state index in [2.05, 4.69) is 20.8 Å². The van der Waals surface area contributed by atoms with Crippen LogP contribution >= 0.6 is 11.8 Å². The van der Waals surface area contributed by atoms with Crippen LogP contribution < -0.4 is 15.4 Å². The minimum Gasteiger partial charge on any atom is -0.494 e. The second-order valence-corrected chi connectivity index (χ2v) is 13.8. The van der Waals surface area contributed by atoms with Gasteiger partial charge in [-0.15, -0.1) is 10.2 Å². The molecule has 258 valence electrons. The first-order chi connectivity index (χ1) is 23.7. The molecule has 1 aliphatic rings. The zero-order valence-electron chi connectivity index (χ0n) is 27.3. The lowest BCUT2D eigenvalue weighted by molar-refractivity contribution is -0.113. The van der Waals surface area contributed by atoms with E-state index in [4.69, 9.17) is 9.47 Å². The molecule has 0 saturated carbocycles. The summed E-state index contributed by atoms with van der Waals surface area (Å²) >= 11 is 1.16. The van der Waals surface area contributed by atoms with Crippen molar-refractivity contribution in [3.63, 3.8) is 0 Å². The molecular formula is C34H38N6O7S2. The topological polar surface area (TPSA) is 162 Å². The maximum Gasteiger partial charge on any atom is 0.338 e. The minimum atomic E-state index is -3.61. The summed E-state index contributed by atoms with van der Waals surface area (Å²) in [6.45, 7) is 5.40. The third-order valence-corrected chi connectivity index (χ3v) is 10.4. The summed E-state index contributed by atoms with van der Waals surface area (Å²) in [6, 6.07) is 19.6. The lowest BCUT2D eigenvalue weighted by atomic mass is 10.2. The fraction of sp³-hybridized carbons (Fsp3) is 0.324. The highest BCUT2D eigenvalue weighted by atomic mass is 32.2. The lowest BCUT2D eigenvalue weighted by Gasteiger charge is -2.25. The summed E-state index contributed by atoms with van der Waals surface area (Å²) in [5, 5.41) is 14.7. The van der Waals surface area contributed by atoms with Crippen LogP contribution in [0.1, 0.15) is 59.7 Å². The molecule has 0 spiro atoms. The number of ether oxygens (including phenoxy) is 2. The minimum absolute atomic E-state index is 0.00639. The summed E-state index contributed by atoms with van der Waals surface area (Å²) in [4.78, 5) is 38.0. The molecule has 5 rings (SSSR count). The Bertz CT molecular complexity index is 1860. The number of thioether (sulfide) groups is 1. The molecular weight excluding hydrogens is 669 g/mol. The molecule has 2 heterocycles. The molecule has 13 nitrogen and oxygen atoms in total. The maximum absolute atomic E-state index is 13.1. The predicted octanol–water partition coefficient (Wildman–Crippen LogP) is 4.68. The Labute approximate surface area is 289 Å². The van der Waals surface area contributed by atoms with E-state index in [0.717, 1.165) is 31.0 Å². The first-order valence-electron chi connectivity index (χ1n) is 16.0. The van der Waals surface area contributed by atoms with Gasteiger partial charge in [-0.05, 0) is 99.5 Å². The van der Waals surface area contributed by atoms with Crippen molar-refractivity contribution in [2.24, 2.45) is 0 Å². The molecule has 1 aliphatic heterocycles. The average Bonchev–Trinajstić information content (AvgIpc) is 3.53. The third-order valence-electron chi connectivity index (χ3n) is 7.59. The number of hydrogen-bond donors (Lipinski definition) is 2. The number of sulfonamides is 1. The summed E-state index contributed by atoms with van der Waals surface area (Å²) in [6.07, 6.45) is 2.69. The van der Waals surface area contributed by atoms with Crippen LogP contribution in [0.5, 0.6) is 5.75 Å². The van der Waals surface area contributed by atoms with Crippen molar-refractivity contribution < 1.29 is 32.3 Å². The number of rotatable bonds is 14. The van der Waals surface area contributed by atoms with Crippen molar-refractivity contribution in [1.29, 1.82) is 0 Å². The molecule has 0 bridgehead atoms. The number of aromatic nitrogens is 3. The molecule has 2 N–H and O–H groups in total. The number of carbonyl (C=O) groups is 3. The van der Waals surface area contributed by atoms with Gasteiger partial charge in [-0.2, -0.15) is 4.31 Å². The van der Waals surface area contributed by atoms with Gasteiger partial charge in [0.15, 0.2) is 11.0 Å². The first kappa shape index (κ1) is 35.6. The number of benzene rings is 3. The number of hydrogen-bond acceptors (Lipinski definition) is 10. The van der Waals surface area contributed by atoms with Crippen LogP contribution in [0.4, 0.5) is 5.69 Å². The molecule has 1 aromatic heterocycles. The van der Waals surface area contributed by atoms with Gasteiger partial charge < -0.3 is 20.1 Å². The highest BCUT2D eigenvalue weighted by Gasteiger charge is 2.26. The third kappa shape index (κ3) is 9.04. The first-order valence-corrected chi connectivity index (χ1v) is 18.4. The maximum atomic E-state index is 13.1. The lowest BCUT2D eigenvalue weighted by Crippen LogP contribution is -2.35. The number of carbonyl (C=O) groups excluding carboxylic acids is 3. The van der Waals surface area contributed by atoms with Crippen LogP contribution in [0.15, 0.2) is 82.8 Å². The van der Waals surface area contributed by atoms with E-state index < -0.39 is 21.9 Å². The molecule has 4 aromatic rings. The largest absolute Gasteiger partial charge is 0.494 e. The van der Waals surface area contributed by atoms with Crippen LogP contribution in [0.25, 0.3) is 5.69 Å². The monoisotopic (exact) mass is 706 g/mol. The molecule has 0 atom stereocenters. The van der Waals surface area contributed by atoms with Gasteiger partial charge in [0.2, 0.25) is 15.9 Å². The second-order valence-electron chi connectivity index (χ2n) is 11.0. The van der Waals surface area contributed by atoms with Crippen LogP contribution in [-0.2, 0) is 26.1 Å². The van der Waals surface area contributed by atoms with Crippen molar-refractivity contribution in [1.82, 2.24) is 24.4 Å². The molecule has 0 unspecified atom stereocenters. The number of esters is 1. The Morgan fingerprint density at radius 2 is 1.51 bits per heavy atom. The predicted molar refractivity (Wildman–Crippen MR) is 185 cm³/mol. The van der Waals surface area contributed by atoms with Crippen LogP contribution in [0, 0.1) is 0 Å². The number of nitrogens with zero attached hydrogens (tertiary/aromatic N) is 4. The zero-order chi connectivity index (χ0) is 34.8. The van der Waals surface area contributed by atoms with E-state index in [1.54, 1.807) is 35.8 Å². The van der Waals surface area contributed by atoms with Gasteiger partial charge in [-0.3, -0.25) is 14.2 Å². The van der Waals surface area contributed by atoms with E-state index in [-0.39, 0.29) is 29.7 Å². The van der Waals surface area contributed by atoms with Crippen LogP contribution in [0.3, 0.4) is 0 Å². The van der Waals surface area contributed by atoms with E-state index in [1.807, 2.05) is 31.2 Å². The van der Waals surface area contributed by atoms with Crippen molar-refractivity contribution in [3.05, 3.63) is 89.7 Å². The second kappa shape index (κ2) is 16.6. The Morgan fingerprint density at radius 3 is 2.16 bits per heavy atom. The Morgan fingerprint density at radius 1 is 0.837 bits per heavy atom. The Kier molecular flexibility index (Phi) is 12.0. The molecule has 49 heavy (non-hydrogen) atoms. The van der Waals surface area contributed by atoms with Gasteiger partial charge >= 0.3 is 5.97 Å². The molecule has 0 radical (unpaired) electrons. The van der Waals surface area contributed by atoms with Crippen molar-refractivity contribution >= 4 is 45.3 Å². The SMILES string of the molecule is CCOC(=O)c1ccc(NC(=O)CSc2nnc(CNC(=O)c3ccc(S(=O)(=O)N4CCCCC4)cc3)n2-c2ccc(OCC)cc2)cc1. The Balaban J connectivity index is 1.26. The number of piperidine rings is 1. The highest BCUT2D eigenvalue weighted by Crippen LogP contribution is 2.25. The molecule has 0 aliphatic carbocycles. The van der Waals surface area contributed by atoms with Gasteiger partial charge in [-0.25, -0.2) is 13.2 Å². The van der Waals surface area contributed by atoms with Crippen molar-refractivity contribution in [2.45, 2.75) is 49.7 Å². The van der Waals surface area contributed by atoms with Crippen molar-refractivity contribution in [3.8, 4) is 11.4 Å².